The Balaban J connectivity index is 1.94. The molecule has 0 spiro atoms. The SMILES string of the molecule is N=C(c1ccccc1)c1cccc2c1C(=O)c1ccccc1C2=O. The highest BCUT2D eigenvalue weighted by atomic mass is 16.1. The van der Waals surface area contributed by atoms with Gasteiger partial charge in [0.25, 0.3) is 0 Å². The van der Waals surface area contributed by atoms with Gasteiger partial charge < -0.3 is 0 Å². The summed E-state index contributed by atoms with van der Waals surface area (Å²) in [5, 5.41) is 8.49. The second-order valence-electron chi connectivity index (χ2n) is 5.67. The number of nitrogens with one attached hydrogen (secondary N) is 1. The number of fused-ring (bicyclic) bond motifs is 2. The van der Waals surface area contributed by atoms with Gasteiger partial charge in [0.2, 0.25) is 0 Å². The van der Waals surface area contributed by atoms with E-state index in [1.54, 1.807) is 42.5 Å². The zero-order valence-corrected chi connectivity index (χ0v) is 12.7. The van der Waals surface area contributed by atoms with E-state index in [4.69, 9.17) is 5.41 Å². The smallest absolute Gasteiger partial charge is 0.195 e. The van der Waals surface area contributed by atoms with Crippen molar-refractivity contribution in [2.75, 3.05) is 0 Å². The Morgan fingerprint density at radius 1 is 0.625 bits per heavy atom. The van der Waals surface area contributed by atoms with E-state index in [1.807, 2.05) is 30.3 Å². The van der Waals surface area contributed by atoms with Gasteiger partial charge in [-0.25, -0.2) is 0 Å². The van der Waals surface area contributed by atoms with Crippen molar-refractivity contribution in [3.05, 3.63) is 106 Å². The summed E-state index contributed by atoms with van der Waals surface area (Å²) in [7, 11) is 0. The Hall–Kier alpha value is -3.33. The second kappa shape index (κ2) is 5.39. The predicted octanol–water partition coefficient (Wildman–Crippen LogP) is 3.88. The number of ketones is 2. The van der Waals surface area contributed by atoms with E-state index >= 15 is 0 Å². The number of carbonyl (C=O) groups is 2. The summed E-state index contributed by atoms with van der Waals surface area (Å²) in [6.07, 6.45) is 0. The van der Waals surface area contributed by atoms with Crippen molar-refractivity contribution in [2.24, 2.45) is 0 Å². The van der Waals surface area contributed by atoms with Gasteiger partial charge in [-0.2, -0.15) is 0 Å². The third kappa shape index (κ3) is 2.02. The minimum atomic E-state index is -0.198. The normalized spacial score (nSPS) is 12.5. The average Bonchev–Trinajstić information content (AvgIpc) is 2.65. The first kappa shape index (κ1) is 14.3. The van der Waals surface area contributed by atoms with Crippen LogP contribution in [-0.4, -0.2) is 17.3 Å². The summed E-state index contributed by atoms with van der Waals surface area (Å²) in [6, 6.07) is 21.2. The molecular weight excluding hydrogens is 298 g/mol. The summed E-state index contributed by atoms with van der Waals surface area (Å²) in [5.74, 6) is -0.362. The molecule has 0 radical (unpaired) electrons. The van der Waals surface area contributed by atoms with Gasteiger partial charge in [0.05, 0.1) is 5.71 Å². The highest BCUT2D eigenvalue weighted by Gasteiger charge is 2.32. The van der Waals surface area contributed by atoms with E-state index in [0.717, 1.165) is 0 Å². The molecule has 1 N–H and O–H groups in total. The quantitative estimate of drug-likeness (QED) is 0.571. The van der Waals surface area contributed by atoms with Crippen molar-refractivity contribution in [3.63, 3.8) is 0 Å². The molecule has 0 aliphatic heterocycles. The molecule has 3 nitrogen and oxygen atoms in total. The maximum Gasteiger partial charge on any atom is 0.195 e. The topological polar surface area (TPSA) is 58.0 Å². The Morgan fingerprint density at radius 2 is 1.21 bits per heavy atom. The first-order valence-electron chi connectivity index (χ1n) is 7.64. The summed E-state index contributed by atoms with van der Waals surface area (Å²) in [5.41, 5.74) is 2.98. The van der Waals surface area contributed by atoms with Crippen molar-refractivity contribution in [3.8, 4) is 0 Å². The van der Waals surface area contributed by atoms with Crippen LogP contribution in [0.1, 0.15) is 43.0 Å². The minimum Gasteiger partial charge on any atom is -0.300 e. The molecule has 0 saturated heterocycles. The Kier molecular flexibility index (Phi) is 3.21. The van der Waals surface area contributed by atoms with E-state index in [-0.39, 0.29) is 17.3 Å². The molecule has 0 aromatic heterocycles. The molecule has 0 amide bonds. The minimum absolute atomic E-state index is 0.164. The molecule has 3 heteroatoms. The van der Waals surface area contributed by atoms with Crippen LogP contribution in [0.15, 0.2) is 72.8 Å². The fourth-order valence-corrected chi connectivity index (χ4v) is 3.11. The molecule has 114 valence electrons. The molecule has 0 fully saturated rings. The van der Waals surface area contributed by atoms with Crippen LogP contribution in [0.2, 0.25) is 0 Å². The molecule has 24 heavy (non-hydrogen) atoms. The lowest BCUT2D eigenvalue weighted by molar-refractivity contribution is 0.0979. The van der Waals surface area contributed by atoms with E-state index in [0.29, 0.717) is 33.4 Å². The standard InChI is InChI=1S/C21H13NO2/c22-19(13-7-2-1-3-8-13)16-11-6-12-17-18(16)21(24)15-10-5-4-9-14(15)20(17)23/h1-12,22H. The molecular formula is C21H13NO2. The van der Waals surface area contributed by atoms with Crippen LogP contribution in [0.5, 0.6) is 0 Å². The van der Waals surface area contributed by atoms with Crippen molar-refractivity contribution < 1.29 is 9.59 Å². The van der Waals surface area contributed by atoms with Gasteiger partial charge in [-0.05, 0) is 0 Å². The van der Waals surface area contributed by atoms with Gasteiger partial charge in [-0.3, -0.25) is 15.0 Å². The fraction of sp³-hybridized carbons (Fsp3) is 0. The van der Waals surface area contributed by atoms with Crippen LogP contribution in [0, 0.1) is 5.41 Å². The molecule has 0 atom stereocenters. The Labute approximate surface area is 139 Å². The summed E-state index contributed by atoms with van der Waals surface area (Å²) >= 11 is 0. The van der Waals surface area contributed by atoms with Gasteiger partial charge in [0.1, 0.15) is 0 Å². The second-order valence-corrected chi connectivity index (χ2v) is 5.67. The molecule has 0 saturated carbocycles. The van der Waals surface area contributed by atoms with Crippen LogP contribution < -0.4 is 0 Å². The summed E-state index contributed by atoms with van der Waals surface area (Å²) in [4.78, 5) is 25.7. The number of hydrogen-bond donors (Lipinski definition) is 1. The van der Waals surface area contributed by atoms with Crippen molar-refractivity contribution in [1.82, 2.24) is 0 Å². The summed E-state index contributed by atoms with van der Waals surface area (Å²) < 4.78 is 0. The fourth-order valence-electron chi connectivity index (χ4n) is 3.11. The molecule has 0 bridgehead atoms. The Bertz CT molecular complexity index is 1000. The maximum atomic E-state index is 13.0. The van der Waals surface area contributed by atoms with Gasteiger partial charge in [-0.1, -0.05) is 72.8 Å². The zero-order valence-electron chi connectivity index (χ0n) is 12.7. The van der Waals surface area contributed by atoms with Gasteiger partial charge in [-0.15, -0.1) is 0 Å². The van der Waals surface area contributed by atoms with E-state index < -0.39 is 0 Å². The average molecular weight is 311 g/mol. The maximum absolute atomic E-state index is 13.0. The lowest BCUT2D eigenvalue weighted by atomic mass is 9.80. The van der Waals surface area contributed by atoms with Gasteiger partial charge in [0, 0.05) is 33.4 Å². The lowest BCUT2D eigenvalue weighted by Crippen LogP contribution is -2.24. The zero-order chi connectivity index (χ0) is 16.7. The Morgan fingerprint density at radius 3 is 1.92 bits per heavy atom. The number of carbonyl (C=O) groups excluding carboxylic acids is 2. The number of benzene rings is 3. The molecule has 1 aliphatic carbocycles. The highest BCUT2D eigenvalue weighted by Crippen LogP contribution is 2.30. The molecule has 0 unspecified atom stereocenters. The molecule has 3 aromatic carbocycles. The number of hydrogen-bond acceptors (Lipinski definition) is 3. The van der Waals surface area contributed by atoms with E-state index in [9.17, 15) is 9.59 Å². The van der Waals surface area contributed by atoms with Gasteiger partial charge >= 0.3 is 0 Å². The molecule has 4 rings (SSSR count). The van der Waals surface area contributed by atoms with E-state index in [1.165, 1.54) is 0 Å². The monoisotopic (exact) mass is 311 g/mol. The van der Waals surface area contributed by atoms with Crippen LogP contribution in [0.3, 0.4) is 0 Å². The number of rotatable bonds is 2. The highest BCUT2D eigenvalue weighted by molar-refractivity contribution is 6.32. The van der Waals surface area contributed by atoms with Crippen molar-refractivity contribution in [1.29, 1.82) is 5.41 Å². The largest absolute Gasteiger partial charge is 0.300 e. The lowest BCUT2D eigenvalue weighted by Gasteiger charge is -2.20. The first-order chi connectivity index (χ1) is 11.7. The summed E-state index contributed by atoms with van der Waals surface area (Å²) in [6.45, 7) is 0. The van der Waals surface area contributed by atoms with E-state index in [2.05, 4.69) is 0 Å². The molecule has 1 aliphatic rings. The van der Waals surface area contributed by atoms with Gasteiger partial charge in [0.15, 0.2) is 11.6 Å². The van der Waals surface area contributed by atoms with Crippen LogP contribution in [0.25, 0.3) is 0 Å². The predicted molar refractivity (Wildman–Crippen MR) is 92.1 cm³/mol. The van der Waals surface area contributed by atoms with Crippen LogP contribution in [0.4, 0.5) is 0 Å². The van der Waals surface area contributed by atoms with Crippen molar-refractivity contribution >= 4 is 17.3 Å². The third-order valence-corrected chi connectivity index (χ3v) is 4.28. The van der Waals surface area contributed by atoms with Crippen molar-refractivity contribution in [2.45, 2.75) is 0 Å². The third-order valence-electron chi connectivity index (χ3n) is 4.28. The molecule has 0 heterocycles. The first-order valence-corrected chi connectivity index (χ1v) is 7.64. The van der Waals surface area contributed by atoms with Crippen LogP contribution >= 0.6 is 0 Å². The van der Waals surface area contributed by atoms with Crippen LogP contribution in [-0.2, 0) is 0 Å². The molecule has 3 aromatic rings.